The van der Waals surface area contributed by atoms with E-state index in [1.807, 2.05) is 24.0 Å². The first-order valence-electron chi connectivity index (χ1n) is 6.26. The topological polar surface area (TPSA) is 47.1 Å². The van der Waals surface area contributed by atoms with E-state index in [0.29, 0.717) is 0 Å². The Labute approximate surface area is 107 Å². The second kappa shape index (κ2) is 4.55. The lowest BCUT2D eigenvalue weighted by molar-refractivity contribution is 0.217. The summed E-state index contributed by atoms with van der Waals surface area (Å²) in [5, 5.41) is 0. The summed E-state index contributed by atoms with van der Waals surface area (Å²) in [5.74, 6) is 0. The molecule has 0 spiro atoms. The summed E-state index contributed by atoms with van der Waals surface area (Å²) in [5.41, 5.74) is 9.85. The van der Waals surface area contributed by atoms with E-state index in [9.17, 15) is 0 Å². The third kappa shape index (κ3) is 2.05. The van der Waals surface area contributed by atoms with Crippen LogP contribution in [0.2, 0.25) is 0 Å². The SMILES string of the molecule is Cn1cnc2c1C(N)CN(Cc1ccccc1)C2. The third-order valence-corrected chi connectivity index (χ3v) is 3.49. The molecule has 1 aliphatic rings. The van der Waals surface area contributed by atoms with Gasteiger partial charge in [-0.15, -0.1) is 0 Å². The predicted octanol–water partition coefficient (Wildman–Crippen LogP) is 1.44. The maximum Gasteiger partial charge on any atom is 0.0950 e. The predicted molar refractivity (Wildman–Crippen MR) is 70.7 cm³/mol. The van der Waals surface area contributed by atoms with Gasteiger partial charge in [-0.25, -0.2) is 4.98 Å². The van der Waals surface area contributed by atoms with Crippen LogP contribution < -0.4 is 5.73 Å². The van der Waals surface area contributed by atoms with Crippen molar-refractivity contribution in [3.8, 4) is 0 Å². The van der Waals surface area contributed by atoms with Crippen LogP contribution in [-0.2, 0) is 20.1 Å². The molecule has 1 atom stereocenters. The summed E-state index contributed by atoms with van der Waals surface area (Å²) in [4.78, 5) is 6.80. The molecule has 4 nitrogen and oxygen atoms in total. The summed E-state index contributed by atoms with van der Waals surface area (Å²) in [6.07, 6.45) is 1.86. The summed E-state index contributed by atoms with van der Waals surface area (Å²) in [6.45, 7) is 2.71. The van der Waals surface area contributed by atoms with Crippen molar-refractivity contribution in [2.75, 3.05) is 6.54 Å². The Hall–Kier alpha value is -1.65. The lowest BCUT2D eigenvalue weighted by Crippen LogP contribution is -2.37. The highest BCUT2D eigenvalue weighted by Crippen LogP contribution is 2.24. The fourth-order valence-electron chi connectivity index (χ4n) is 2.69. The zero-order valence-corrected chi connectivity index (χ0v) is 10.6. The Morgan fingerprint density at radius 2 is 2.11 bits per heavy atom. The lowest BCUT2D eigenvalue weighted by atomic mass is 10.1. The summed E-state index contributed by atoms with van der Waals surface area (Å²) < 4.78 is 2.04. The number of imidazole rings is 1. The van der Waals surface area contributed by atoms with Crippen LogP contribution in [0.4, 0.5) is 0 Å². The van der Waals surface area contributed by atoms with E-state index >= 15 is 0 Å². The molecule has 0 saturated carbocycles. The monoisotopic (exact) mass is 242 g/mol. The number of benzene rings is 1. The van der Waals surface area contributed by atoms with Gasteiger partial charge in [0.05, 0.1) is 23.8 Å². The minimum Gasteiger partial charge on any atom is -0.336 e. The Morgan fingerprint density at radius 3 is 2.89 bits per heavy atom. The van der Waals surface area contributed by atoms with Crippen molar-refractivity contribution in [2.24, 2.45) is 12.8 Å². The molecule has 94 valence electrons. The molecule has 2 heterocycles. The van der Waals surface area contributed by atoms with Crippen LogP contribution >= 0.6 is 0 Å². The van der Waals surface area contributed by atoms with Gasteiger partial charge < -0.3 is 10.3 Å². The quantitative estimate of drug-likeness (QED) is 0.866. The van der Waals surface area contributed by atoms with Gasteiger partial charge in [0.25, 0.3) is 0 Å². The number of rotatable bonds is 2. The molecular weight excluding hydrogens is 224 g/mol. The summed E-state index contributed by atoms with van der Waals surface area (Å²) in [7, 11) is 2.01. The molecule has 0 aliphatic carbocycles. The number of hydrogen-bond acceptors (Lipinski definition) is 3. The van der Waals surface area contributed by atoms with Crippen molar-refractivity contribution in [3.63, 3.8) is 0 Å². The maximum atomic E-state index is 6.23. The molecular formula is C14H18N4. The maximum absolute atomic E-state index is 6.23. The fraction of sp³-hybridized carbons (Fsp3) is 0.357. The van der Waals surface area contributed by atoms with Gasteiger partial charge >= 0.3 is 0 Å². The molecule has 18 heavy (non-hydrogen) atoms. The molecule has 0 radical (unpaired) electrons. The Bertz CT molecular complexity index is 532. The van der Waals surface area contributed by atoms with Crippen LogP contribution in [0.25, 0.3) is 0 Å². The third-order valence-electron chi connectivity index (χ3n) is 3.49. The van der Waals surface area contributed by atoms with E-state index in [0.717, 1.165) is 25.3 Å². The van der Waals surface area contributed by atoms with Gasteiger partial charge in [-0.3, -0.25) is 4.90 Å². The van der Waals surface area contributed by atoms with Crippen LogP contribution in [0, 0.1) is 0 Å². The van der Waals surface area contributed by atoms with Gasteiger partial charge in [-0.2, -0.15) is 0 Å². The van der Waals surface area contributed by atoms with Crippen molar-refractivity contribution in [2.45, 2.75) is 19.1 Å². The fourth-order valence-corrected chi connectivity index (χ4v) is 2.69. The molecule has 0 fully saturated rings. The normalized spacial score (nSPS) is 19.8. The number of aryl methyl sites for hydroxylation is 1. The van der Waals surface area contributed by atoms with E-state index in [2.05, 4.69) is 34.1 Å². The van der Waals surface area contributed by atoms with E-state index < -0.39 is 0 Å². The highest BCUT2D eigenvalue weighted by Gasteiger charge is 2.26. The van der Waals surface area contributed by atoms with Gasteiger partial charge in [0.2, 0.25) is 0 Å². The van der Waals surface area contributed by atoms with E-state index in [4.69, 9.17) is 5.73 Å². The van der Waals surface area contributed by atoms with Crippen molar-refractivity contribution in [1.29, 1.82) is 0 Å². The molecule has 2 aromatic rings. The van der Waals surface area contributed by atoms with Gasteiger partial charge in [0.15, 0.2) is 0 Å². The van der Waals surface area contributed by atoms with Crippen molar-refractivity contribution >= 4 is 0 Å². The number of aromatic nitrogens is 2. The van der Waals surface area contributed by atoms with Crippen LogP contribution in [0.1, 0.15) is 23.0 Å². The molecule has 3 rings (SSSR count). The van der Waals surface area contributed by atoms with Gasteiger partial charge in [0, 0.05) is 26.7 Å². The van der Waals surface area contributed by atoms with E-state index in [-0.39, 0.29) is 6.04 Å². The average Bonchev–Trinajstić information content (AvgIpc) is 2.72. The minimum atomic E-state index is 0.0602. The minimum absolute atomic E-state index is 0.0602. The number of hydrogen-bond donors (Lipinski definition) is 1. The second-order valence-corrected chi connectivity index (χ2v) is 4.95. The van der Waals surface area contributed by atoms with Crippen molar-refractivity contribution < 1.29 is 0 Å². The van der Waals surface area contributed by atoms with Crippen LogP contribution in [-0.4, -0.2) is 21.0 Å². The highest BCUT2D eigenvalue weighted by atomic mass is 15.2. The van der Waals surface area contributed by atoms with Crippen molar-refractivity contribution in [3.05, 3.63) is 53.6 Å². The summed E-state index contributed by atoms with van der Waals surface area (Å²) in [6, 6.07) is 10.6. The lowest BCUT2D eigenvalue weighted by Gasteiger charge is -2.30. The molecule has 0 bridgehead atoms. The van der Waals surface area contributed by atoms with Crippen molar-refractivity contribution in [1.82, 2.24) is 14.5 Å². The Kier molecular flexibility index (Phi) is 2.89. The van der Waals surface area contributed by atoms with Gasteiger partial charge in [-0.1, -0.05) is 30.3 Å². The largest absolute Gasteiger partial charge is 0.336 e. The molecule has 0 saturated heterocycles. The first-order chi connectivity index (χ1) is 8.74. The Morgan fingerprint density at radius 1 is 1.33 bits per heavy atom. The van der Waals surface area contributed by atoms with Gasteiger partial charge in [0.1, 0.15) is 0 Å². The van der Waals surface area contributed by atoms with Crippen LogP contribution in [0.15, 0.2) is 36.7 Å². The Balaban J connectivity index is 1.78. The number of fused-ring (bicyclic) bond motifs is 1. The molecule has 0 amide bonds. The van der Waals surface area contributed by atoms with Gasteiger partial charge in [-0.05, 0) is 5.56 Å². The number of nitrogens with zero attached hydrogens (tertiary/aromatic N) is 3. The molecule has 4 heteroatoms. The van der Waals surface area contributed by atoms with Crippen LogP contribution in [0.5, 0.6) is 0 Å². The van der Waals surface area contributed by atoms with E-state index in [1.165, 1.54) is 11.3 Å². The molecule has 2 N–H and O–H groups in total. The summed E-state index contributed by atoms with van der Waals surface area (Å²) >= 11 is 0. The molecule has 1 aliphatic heterocycles. The zero-order valence-electron chi connectivity index (χ0n) is 10.6. The molecule has 1 unspecified atom stereocenters. The van der Waals surface area contributed by atoms with E-state index in [1.54, 1.807) is 0 Å². The highest BCUT2D eigenvalue weighted by molar-refractivity contribution is 5.21. The number of nitrogens with two attached hydrogens (primary N) is 1. The zero-order chi connectivity index (χ0) is 12.5. The molecule has 1 aromatic heterocycles. The second-order valence-electron chi connectivity index (χ2n) is 4.95. The smallest absolute Gasteiger partial charge is 0.0950 e. The average molecular weight is 242 g/mol. The first-order valence-corrected chi connectivity index (χ1v) is 6.26. The molecule has 1 aromatic carbocycles. The van der Waals surface area contributed by atoms with Crippen LogP contribution in [0.3, 0.4) is 0 Å². The first kappa shape index (κ1) is 11.4. The standard InChI is InChI=1S/C14H18N4/c1-17-10-16-13-9-18(8-12(15)14(13)17)7-11-5-3-2-4-6-11/h2-6,10,12H,7-9,15H2,1H3.